The van der Waals surface area contributed by atoms with E-state index in [0.717, 1.165) is 18.7 Å². The molecule has 4 amide bonds. The number of aromatic nitrogens is 2. The van der Waals surface area contributed by atoms with E-state index in [1.807, 2.05) is 13.8 Å². The second-order valence-electron chi connectivity index (χ2n) is 19.3. The molecule has 20 heteroatoms. The minimum Gasteiger partial charge on any atom is -0.497 e. The third-order valence-electron chi connectivity index (χ3n) is 13.5. The molecule has 1 saturated heterocycles. The smallest absolute Gasteiger partial charge is 0.408 e. The first-order valence-corrected chi connectivity index (χ1v) is 24.0. The molecule has 3 N–H and O–H groups in total. The van der Waals surface area contributed by atoms with E-state index >= 15 is 13.6 Å². The van der Waals surface area contributed by atoms with Crippen molar-refractivity contribution < 1.29 is 60.4 Å². The number of halogens is 2. The highest BCUT2D eigenvalue weighted by Crippen LogP contribution is 2.48. The van der Waals surface area contributed by atoms with Crippen LogP contribution in [0.3, 0.4) is 0 Å². The molecule has 2 aliphatic carbocycles. The van der Waals surface area contributed by atoms with Crippen molar-refractivity contribution in [2.24, 2.45) is 5.92 Å². The van der Waals surface area contributed by atoms with E-state index in [1.54, 1.807) is 61.7 Å². The molecule has 2 aliphatic heterocycles. The van der Waals surface area contributed by atoms with Crippen LogP contribution in [0.2, 0.25) is 0 Å². The fourth-order valence-electron chi connectivity index (χ4n) is 8.73. The molecule has 7 atom stereocenters. The van der Waals surface area contributed by atoms with Gasteiger partial charge in [0.25, 0.3) is 11.8 Å². The van der Waals surface area contributed by atoms with Crippen molar-refractivity contribution in [1.29, 1.82) is 0 Å². The van der Waals surface area contributed by atoms with Crippen LogP contribution in [0.4, 0.5) is 13.6 Å². The number of benzene rings is 1. The number of methoxy groups -OCH3 is 1. The summed E-state index contributed by atoms with van der Waals surface area (Å²) in [6.45, 7) is 10.6. The predicted molar refractivity (Wildman–Crippen MR) is 242 cm³/mol. The van der Waals surface area contributed by atoms with Gasteiger partial charge in [0.1, 0.15) is 40.8 Å². The quantitative estimate of drug-likeness (QED) is 0.172. The van der Waals surface area contributed by atoms with Crippen molar-refractivity contribution in [1.82, 2.24) is 29.8 Å². The summed E-state index contributed by atoms with van der Waals surface area (Å²) in [7, 11) is -2.62. The Labute approximate surface area is 389 Å². The van der Waals surface area contributed by atoms with Gasteiger partial charge in [-0.2, -0.15) is 0 Å². The lowest BCUT2D eigenvalue weighted by atomic mass is 9.91. The van der Waals surface area contributed by atoms with Gasteiger partial charge in [-0.3, -0.25) is 29.0 Å². The van der Waals surface area contributed by atoms with E-state index < -0.39 is 91.9 Å². The Hall–Kier alpha value is -5.63. The highest BCUT2D eigenvalue weighted by Gasteiger charge is 2.63. The highest BCUT2D eigenvalue weighted by atomic mass is 32.2. The molecule has 67 heavy (non-hydrogen) atoms. The average Bonchev–Trinajstić information content (AvgIpc) is 4.13. The van der Waals surface area contributed by atoms with Crippen LogP contribution >= 0.6 is 0 Å². The standard InChI is InChI=1S/C47H60F2N6O11S/c1-26(2)64-32-15-17-35(50-24-32)36-21-29-20-31(63-9)14-16-34(29)40(51-36)66-33-22-37-39(56)52-47(42(58)53-67(61,62)45(7)18-19-45)23-30(47)13-11-10-12-27(3)65-28(4)38(41(57)54(37)25-33)55(43(59)60)44(5,6)46(8,48)49/h11,13-17,20-21,24,26-28,30,33,37-38H,10,12,18-19,22-23,25H2,1-9H3,(H,52,56)(H,53,58)(H,59,60)/b13-11-/t27-,28+,30-,33-,37+,38+,47-/m1/s1. The minimum absolute atomic E-state index is 0.0386. The second kappa shape index (κ2) is 18.1. The number of ether oxygens (including phenoxy) is 4. The van der Waals surface area contributed by atoms with Crippen molar-refractivity contribution in [3.8, 4) is 28.8 Å². The zero-order valence-corrected chi connectivity index (χ0v) is 40.0. The Balaban J connectivity index is 1.31. The number of sulfonamides is 1. The number of carbonyl (C=O) groups is 4. The summed E-state index contributed by atoms with van der Waals surface area (Å²) in [6.07, 6.45) is 1.38. The third kappa shape index (κ3) is 9.87. The maximum atomic E-state index is 15.5. The van der Waals surface area contributed by atoms with Gasteiger partial charge in [0.2, 0.25) is 27.7 Å². The molecule has 0 bridgehead atoms. The molecule has 7 rings (SSSR count). The highest BCUT2D eigenvalue weighted by molar-refractivity contribution is 7.91. The Kier molecular flexibility index (Phi) is 13.3. The maximum Gasteiger partial charge on any atom is 0.408 e. The van der Waals surface area contributed by atoms with Gasteiger partial charge in [-0.25, -0.2) is 27.0 Å². The molecule has 2 aromatic heterocycles. The van der Waals surface area contributed by atoms with Crippen LogP contribution in [-0.4, -0.2) is 129 Å². The third-order valence-corrected chi connectivity index (χ3v) is 15.7. The van der Waals surface area contributed by atoms with Crippen LogP contribution in [-0.2, 0) is 29.1 Å². The first-order valence-electron chi connectivity index (χ1n) is 22.5. The maximum absolute atomic E-state index is 15.5. The summed E-state index contributed by atoms with van der Waals surface area (Å²) in [6, 6.07) is 7.06. The monoisotopic (exact) mass is 954 g/mol. The van der Waals surface area contributed by atoms with E-state index in [0.29, 0.717) is 71.2 Å². The first kappa shape index (κ1) is 49.3. The zero-order chi connectivity index (χ0) is 49.0. The van der Waals surface area contributed by atoms with E-state index in [-0.39, 0.29) is 31.4 Å². The average molecular weight is 955 g/mol. The van der Waals surface area contributed by atoms with Gasteiger partial charge < -0.3 is 34.3 Å². The van der Waals surface area contributed by atoms with Gasteiger partial charge in [0.15, 0.2) is 0 Å². The number of nitrogens with zero attached hydrogens (tertiary/aromatic N) is 4. The predicted octanol–water partition coefficient (Wildman–Crippen LogP) is 6.24. The number of hydrogen-bond acceptors (Lipinski definition) is 12. The van der Waals surface area contributed by atoms with Gasteiger partial charge in [-0.15, -0.1) is 0 Å². The number of carboxylic acid groups (broad SMARTS) is 1. The fourth-order valence-corrected chi connectivity index (χ4v) is 10.0. The largest absolute Gasteiger partial charge is 0.497 e. The number of pyridine rings is 2. The lowest BCUT2D eigenvalue weighted by molar-refractivity contribution is -0.164. The summed E-state index contributed by atoms with van der Waals surface area (Å²) in [4.78, 5) is 68.4. The van der Waals surface area contributed by atoms with Gasteiger partial charge in [-0.1, -0.05) is 12.2 Å². The number of nitrogens with one attached hydrogen (secondary N) is 2. The molecule has 3 aromatic rings. The Morgan fingerprint density at radius 3 is 2.39 bits per heavy atom. The van der Waals surface area contributed by atoms with Gasteiger partial charge >= 0.3 is 6.09 Å². The van der Waals surface area contributed by atoms with Crippen LogP contribution in [0.1, 0.15) is 93.9 Å². The van der Waals surface area contributed by atoms with Crippen LogP contribution < -0.4 is 24.2 Å². The normalized spacial score (nSPS) is 27.1. The van der Waals surface area contributed by atoms with Crippen LogP contribution in [0, 0.1) is 5.92 Å². The van der Waals surface area contributed by atoms with E-state index in [9.17, 15) is 27.9 Å². The number of hydrogen-bond donors (Lipinski definition) is 3. The molecule has 17 nitrogen and oxygen atoms in total. The number of carbonyl (C=O) groups excluding carboxylic acids is 3. The fraction of sp³-hybridized carbons (Fsp3) is 0.574. The first-order chi connectivity index (χ1) is 31.3. The zero-order valence-electron chi connectivity index (χ0n) is 39.2. The Bertz CT molecular complexity index is 2550. The molecule has 4 heterocycles. The van der Waals surface area contributed by atoms with Gasteiger partial charge in [0, 0.05) is 24.6 Å². The number of alkyl halides is 2. The van der Waals surface area contributed by atoms with Crippen molar-refractivity contribution >= 4 is 44.6 Å². The summed E-state index contributed by atoms with van der Waals surface area (Å²) >= 11 is 0. The Morgan fingerprint density at radius 2 is 1.78 bits per heavy atom. The number of rotatable bonds is 12. The van der Waals surface area contributed by atoms with Crippen molar-refractivity contribution in [2.45, 2.75) is 152 Å². The molecular weight excluding hydrogens is 895 g/mol. The van der Waals surface area contributed by atoms with Crippen molar-refractivity contribution in [2.75, 3.05) is 13.7 Å². The molecular formula is C47H60F2N6O11S. The number of allylic oxidation sites excluding steroid dienone is 1. The molecule has 2 saturated carbocycles. The molecule has 0 spiro atoms. The minimum atomic E-state index is -4.14. The molecule has 1 aromatic carbocycles. The van der Waals surface area contributed by atoms with E-state index in [4.69, 9.17) is 23.9 Å². The molecule has 364 valence electrons. The van der Waals surface area contributed by atoms with Crippen LogP contribution in [0.25, 0.3) is 22.2 Å². The van der Waals surface area contributed by atoms with Crippen molar-refractivity contribution in [3.05, 3.63) is 54.7 Å². The number of fused-ring (bicyclic) bond motifs is 3. The lowest BCUT2D eigenvalue weighted by Crippen LogP contribution is -2.68. The summed E-state index contributed by atoms with van der Waals surface area (Å²) in [5, 5.41) is 14.7. The number of amides is 4. The summed E-state index contributed by atoms with van der Waals surface area (Å²) in [5.74, 6) is -5.99. The van der Waals surface area contributed by atoms with Gasteiger partial charge in [-0.05, 0) is 122 Å². The topological polar surface area (TPSA) is 216 Å². The van der Waals surface area contributed by atoms with Crippen molar-refractivity contribution in [3.63, 3.8) is 0 Å². The summed E-state index contributed by atoms with van der Waals surface area (Å²) < 4.78 is 82.9. The van der Waals surface area contributed by atoms with Crippen LogP contribution in [0.5, 0.6) is 17.4 Å². The van der Waals surface area contributed by atoms with Crippen LogP contribution in [0.15, 0.2) is 54.7 Å². The van der Waals surface area contributed by atoms with E-state index in [1.165, 1.54) is 21.0 Å². The molecule has 4 aliphatic rings. The molecule has 3 fully saturated rings. The SMILES string of the molecule is COc1ccc2c(O[C@@H]3C[C@H]4C(=O)N[C@]5(C(=O)NS(=O)(=O)C6(C)CC6)C[C@H]5/C=C\CC[C@@H](C)O[C@@H](C)[C@H](N(C(=O)O)C(C)(C)C(C)(F)F)C(=O)N4C3)nc(-c3ccc(OC(C)C)cn3)cc2c1. The summed E-state index contributed by atoms with van der Waals surface area (Å²) in [5.41, 5.74) is -3.36. The van der Waals surface area contributed by atoms with E-state index in [2.05, 4.69) is 15.0 Å². The Morgan fingerprint density at radius 1 is 1.07 bits per heavy atom. The molecule has 0 unspecified atom stereocenters. The lowest BCUT2D eigenvalue weighted by Gasteiger charge is -2.47. The van der Waals surface area contributed by atoms with Gasteiger partial charge in [0.05, 0.1) is 54.3 Å². The molecule has 0 radical (unpaired) electrons. The second-order valence-corrected chi connectivity index (χ2v) is 21.5.